The van der Waals surface area contributed by atoms with E-state index in [1.807, 2.05) is 37.3 Å². The second kappa shape index (κ2) is 9.52. The van der Waals surface area contributed by atoms with Gasteiger partial charge in [0.2, 0.25) is 0 Å². The number of hydrogen-bond donors (Lipinski definition) is 1. The second-order valence-electron chi connectivity index (χ2n) is 6.92. The zero-order valence-corrected chi connectivity index (χ0v) is 17.3. The third-order valence-electron chi connectivity index (χ3n) is 5.25. The second-order valence-corrected chi connectivity index (χ2v) is 6.92. The summed E-state index contributed by atoms with van der Waals surface area (Å²) in [5.41, 5.74) is 2.11. The average molecular weight is 392 g/mol. The van der Waals surface area contributed by atoms with Crippen molar-refractivity contribution in [1.29, 1.82) is 0 Å². The van der Waals surface area contributed by atoms with Crippen molar-refractivity contribution in [2.75, 3.05) is 26.2 Å². The SMILES string of the molecule is CCc1c(-c2ccccc2)oc2c(C(=O)NCCN(CC)CC)cccc2c1=O. The van der Waals surface area contributed by atoms with Gasteiger partial charge in [0.05, 0.1) is 10.9 Å². The van der Waals surface area contributed by atoms with E-state index in [9.17, 15) is 9.59 Å². The summed E-state index contributed by atoms with van der Waals surface area (Å²) >= 11 is 0. The molecule has 0 bridgehead atoms. The zero-order chi connectivity index (χ0) is 20.8. The van der Waals surface area contributed by atoms with Gasteiger partial charge in [-0.3, -0.25) is 9.59 Å². The monoisotopic (exact) mass is 392 g/mol. The Kier molecular flexibility index (Phi) is 6.83. The molecule has 152 valence electrons. The van der Waals surface area contributed by atoms with Crippen LogP contribution in [-0.4, -0.2) is 37.0 Å². The van der Waals surface area contributed by atoms with Gasteiger partial charge < -0.3 is 14.6 Å². The van der Waals surface area contributed by atoms with E-state index in [1.165, 1.54) is 0 Å². The van der Waals surface area contributed by atoms with Gasteiger partial charge in [-0.1, -0.05) is 57.2 Å². The molecule has 0 atom stereocenters. The van der Waals surface area contributed by atoms with Crippen LogP contribution in [0.4, 0.5) is 0 Å². The fourth-order valence-electron chi connectivity index (χ4n) is 3.54. The topological polar surface area (TPSA) is 62.6 Å². The average Bonchev–Trinajstić information content (AvgIpc) is 2.76. The highest BCUT2D eigenvalue weighted by Crippen LogP contribution is 2.28. The van der Waals surface area contributed by atoms with Crippen molar-refractivity contribution in [3.8, 4) is 11.3 Å². The maximum Gasteiger partial charge on any atom is 0.255 e. The molecule has 1 amide bonds. The summed E-state index contributed by atoms with van der Waals surface area (Å²) in [6, 6.07) is 14.7. The van der Waals surface area contributed by atoms with Crippen molar-refractivity contribution in [3.05, 3.63) is 69.9 Å². The van der Waals surface area contributed by atoms with Crippen LogP contribution in [0.1, 0.15) is 36.7 Å². The summed E-state index contributed by atoms with van der Waals surface area (Å²) in [5, 5.41) is 3.40. The van der Waals surface area contributed by atoms with Gasteiger partial charge in [0, 0.05) is 24.2 Å². The van der Waals surface area contributed by atoms with E-state index in [4.69, 9.17) is 4.42 Å². The van der Waals surface area contributed by atoms with Crippen LogP contribution >= 0.6 is 0 Å². The number of carbonyl (C=O) groups excluding carboxylic acids is 1. The first-order valence-electron chi connectivity index (χ1n) is 10.2. The number of likely N-dealkylation sites (N-methyl/N-ethyl adjacent to an activating group) is 1. The number of carbonyl (C=O) groups is 1. The molecule has 0 unspecified atom stereocenters. The lowest BCUT2D eigenvalue weighted by atomic mass is 10.0. The van der Waals surface area contributed by atoms with Crippen molar-refractivity contribution >= 4 is 16.9 Å². The number of nitrogens with one attached hydrogen (secondary N) is 1. The van der Waals surface area contributed by atoms with E-state index in [0.29, 0.717) is 40.8 Å². The summed E-state index contributed by atoms with van der Waals surface area (Å²) in [5.74, 6) is 0.308. The molecule has 0 fully saturated rings. The first-order valence-corrected chi connectivity index (χ1v) is 10.2. The number of nitrogens with zero attached hydrogens (tertiary/aromatic N) is 1. The van der Waals surface area contributed by atoms with Gasteiger partial charge in [-0.05, 0) is 31.6 Å². The lowest BCUT2D eigenvalue weighted by Crippen LogP contribution is -2.34. The molecule has 0 radical (unpaired) electrons. The first-order chi connectivity index (χ1) is 14.1. The quantitative estimate of drug-likeness (QED) is 0.627. The van der Waals surface area contributed by atoms with Gasteiger partial charge in [-0.2, -0.15) is 0 Å². The fraction of sp³-hybridized carbons (Fsp3) is 0.333. The summed E-state index contributed by atoms with van der Waals surface area (Å²) in [7, 11) is 0. The summed E-state index contributed by atoms with van der Waals surface area (Å²) in [4.78, 5) is 28.2. The molecule has 0 saturated heterocycles. The van der Waals surface area contributed by atoms with Gasteiger partial charge in [-0.25, -0.2) is 0 Å². The van der Waals surface area contributed by atoms with Crippen LogP contribution in [0.3, 0.4) is 0 Å². The Balaban J connectivity index is 2.02. The highest BCUT2D eigenvalue weighted by atomic mass is 16.3. The smallest absolute Gasteiger partial charge is 0.255 e. The van der Waals surface area contributed by atoms with Crippen LogP contribution in [0, 0.1) is 0 Å². The molecule has 5 nitrogen and oxygen atoms in total. The minimum absolute atomic E-state index is 0.0783. The normalized spacial score (nSPS) is 11.2. The lowest BCUT2D eigenvalue weighted by molar-refractivity contribution is 0.0949. The molecule has 1 heterocycles. The minimum atomic E-state index is -0.228. The molecule has 1 aromatic heterocycles. The molecular weight excluding hydrogens is 364 g/mol. The molecule has 2 aromatic carbocycles. The van der Waals surface area contributed by atoms with Crippen LogP contribution in [-0.2, 0) is 6.42 Å². The summed E-state index contributed by atoms with van der Waals surface area (Å²) in [6.07, 6.45) is 0.558. The van der Waals surface area contributed by atoms with E-state index in [2.05, 4.69) is 24.1 Å². The largest absolute Gasteiger partial charge is 0.455 e. The molecule has 5 heteroatoms. The van der Waals surface area contributed by atoms with Crippen molar-refractivity contribution < 1.29 is 9.21 Å². The Hall–Kier alpha value is -2.92. The third kappa shape index (κ3) is 4.40. The van der Waals surface area contributed by atoms with Crippen LogP contribution in [0.15, 0.2) is 57.7 Å². The predicted octanol–water partition coefficient (Wildman–Crippen LogP) is 4.09. The van der Waals surface area contributed by atoms with Crippen LogP contribution in [0.2, 0.25) is 0 Å². The van der Waals surface area contributed by atoms with Gasteiger partial charge >= 0.3 is 0 Å². The maximum absolute atomic E-state index is 13.1. The number of hydrogen-bond acceptors (Lipinski definition) is 4. The molecule has 0 saturated carbocycles. The molecule has 1 N–H and O–H groups in total. The van der Waals surface area contributed by atoms with Gasteiger partial charge in [-0.15, -0.1) is 0 Å². The van der Waals surface area contributed by atoms with E-state index in [0.717, 1.165) is 25.2 Å². The highest BCUT2D eigenvalue weighted by Gasteiger charge is 2.19. The highest BCUT2D eigenvalue weighted by molar-refractivity contribution is 6.05. The Morgan fingerprint density at radius 2 is 1.72 bits per heavy atom. The molecule has 3 aromatic rings. The third-order valence-corrected chi connectivity index (χ3v) is 5.25. The standard InChI is InChI=1S/C24H28N2O3/c1-4-18-21(27)19-13-10-14-20(24(28)25-15-16-26(5-2)6-3)23(19)29-22(18)17-11-8-7-9-12-17/h7-14H,4-6,15-16H2,1-3H3,(H,25,28). The van der Waals surface area contributed by atoms with Crippen molar-refractivity contribution in [3.63, 3.8) is 0 Å². The fourth-order valence-corrected chi connectivity index (χ4v) is 3.54. The summed E-state index contributed by atoms with van der Waals surface area (Å²) in [6.45, 7) is 9.34. The van der Waals surface area contributed by atoms with E-state index in [1.54, 1.807) is 18.2 Å². The summed E-state index contributed by atoms with van der Waals surface area (Å²) < 4.78 is 6.20. The maximum atomic E-state index is 13.1. The van der Waals surface area contributed by atoms with Gasteiger partial charge in [0.15, 0.2) is 11.0 Å². The number of amides is 1. The van der Waals surface area contributed by atoms with E-state index < -0.39 is 0 Å². The first kappa shape index (κ1) is 20.8. The van der Waals surface area contributed by atoms with Crippen LogP contribution in [0.25, 0.3) is 22.3 Å². The predicted molar refractivity (Wildman–Crippen MR) is 117 cm³/mol. The Morgan fingerprint density at radius 3 is 2.38 bits per heavy atom. The Morgan fingerprint density at radius 1 is 1.00 bits per heavy atom. The number of para-hydroxylation sites is 1. The van der Waals surface area contributed by atoms with Crippen LogP contribution in [0.5, 0.6) is 0 Å². The van der Waals surface area contributed by atoms with E-state index >= 15 is 0 Å². The number of fused-ring (bicyclic) bond motifs is 1. The minimum Gasteiger partial charge on any atom is -0.455 e. The Bertz CT molecular complexity index is 1040. The Labute approximate surface area is 171 Å². The molecule has 29 heavy (non-hydrogen) atoms. The number of benzene rings is 2. The van der Waals surface area contributed by atoms with Crippen molar-refractivity contribution in [2.45, 2.75) is 27.2 Å². The molecule has 0 aliphatic carbocycles. The number of rotatable bonds is 8. The zero-order valence-electron chi connectivity index (χ0n) is 17.3. The molecule has 0 spiro atoms. The van der Waals surface area contributed by atoms with Crippen molar-refractivity contribution in [1.82, 2.24) is 10.2 Å². The van der Waals surface area contributed by atoms with Gasteiger partial charge in [0.25, 0.3) is 5.91 Å². The molecule has 0 aliphatic rings. The lowest BCUT2D eigenvalue weighted by Gasteiger charge is -2.18. The van der Waals surface area contributed by atoms with Crippen LogP contribution < -0.4 is 10.7 Å². The molecule has 0 aliphatic heterocycles. The molecule has 3 rings (SSSR count). The molecular formula is C24H28N2O3. The van der Waals surface area contributed by atoms with Crippen molar-refractivity contribution in [2.24, 2.45) is 0 Å². The van der Waals surface area contributed by atoms with E-state index in [-0.39, 0.29) is 11.3 Å². The van der Waals surface area contributed by atoms with Gasteiger partial charge in [0.1, 0.15) is 5.76 Å².